The molecule has 0 saturated heterocycles. The lowest BCUT2D eigenvalue weighted by Gasteiger charge is -2.12. The van der Waals surface area contributed by atoms with Gasteiger partial charge in [-0.1, -0.05) is 36.4 Å². The number of imidazole rings is 1. The van der Waals surface area contributed by atoms with Crippen molar-refractivity contribution in [2.75, 3.05) is 7.11 Å². The second-order valence-corrected chi connectivity index (χ2v) is 6.76. The predicted octanol–water partition coefficient (Wildman–Crippen LogP) is 5.30. The van der Waals surface area contributed by atoms with Gasteiger partial charge in [0.25, 0.3) is 0 Å². The molecule has 0 unspecified atom stereocenters. The molecule has 6 heteroatoms. The molecule has 0 atom stereocenters. The molecule has 0 amide bonds. The van der Waals surface area contributed by atoms with Crippen LogP contribution in [-0.2, 0) is 0 Å². The maximum Gasteiger partial charge on any atom is 0.246 e. The van der Waals surface area contributed by atoms with E-state index in [0.717, 1.165) is 22.2 Å². The van der Waals surface area contributed by atoms with Gasteiger partial charge < -0.3 is 14.5 Å². The highest BCUT2D eigenvalue weighted by molar-refractivity contribution is 5.75. The number of nitrogens with zero attached hydrogens (tertiary/aromatic N) is 3. The van der Waals surface area contributed by atoms with Crippen LogP contribution in [0.3, 0.4) is 0 Å². The first kappa shape index (κ1) is 18.8. The Bertz CT molecular complexity index is 1300. The smallest absolute Gasteiger partial charge is 0.246 e. The van der Waals surface area contributed by atoms with Crippen LogP contribution in [0.1, 0.15) is 11.4 Å². The number of rotatable bonds is 6. The van der Waals surface area contributed by atoms with Crippen LogP contribution in [0, 0.1) is 6.42 Å². The summed E-state index contributed by atoms with van der Waals surface area (Å²) in [4.78, 5) is 16.6. The van der Waals surface area contributed by atoms with Gasteiger partial charge in [-0.2, -0.15) is 0 Å². The number of H-pyrrole nitrogens is 1. The molecule has 5 rings (SSSR count). The average Bonchev–Trinajstić information content (AvgIpc) is 3.23. The Morgan fingerprint density at radius 2 is 1.61 bits per heavy atom. The fourth-order valence-electron chi connectivity index (χ4n) is 3.29. The number of para-hydroxylation sites is 3. The zero-order valence-corrected chi connectivity index (χ0v) is 16.7. The molecule has 0 spiro atoms. The number of ether oxygens (including phenoxy) is 2. The van der Waals surface area contributed by atoms with E-state index in [2.05, 4.69) is 26.4 Å². The van der Waals surface area contributed by atoms with Gasteiger partial charge in [0.1, 0.15) is 23.0 Å². The first-order chi connectivity index (χ1) is 15.3. The van der Waals surface area contributed by atoms with E-state index in [1.807, 2.05) is 72.8 Å². The first-order valence-corrected chi connectivity index (χ1v) is 9.74. The predicted molar refractivity (Wildman–Crippen MR) is 118 cm³/mol. The van der Waals surface area contributed by atoms with Gasteiger partial charge in [-0.15, -0.1) is 0 Å². The van der Waals surface area contributed by atoms with Gasteiger partial charge in [0.2, 0.25) is 5.88 Å². The van der Waals surface area contributed by atoms with E-state index in [-0.39, 0.29) is 0 Å². The topological polar surface area (TPSA) is 72.9 Å². The van der Waals surface area contributed by atoms with Gasteiger partial charge in [-0.05, 0) is 42.0 Å². The number of fused-ring (bicyclic) bond motifs is 1. The Hall–Kier alpha value is -4.19. The fraction of sp³-hybridized carbons (Fsp3) is 0.0400. The Kier molecular flexibility index (Phi) is 5.02. The number of hydrogen-bond acceptors (Lipinski definition) is 5. The van der Waals surface area contributed by atoms with Crippen molar-refractivity contribution in [1.29, 1.82) is 0 Å². The van der Waals surface area contributed by atoms with E-state index in [9.17, 15) is 0 Å². The van der Waals surface area contributed by atoms with Gasteiger partial charge in [0, 0.05) is 18.0 Å². The summed E-state index contributed by atoms with van der Waals surface area (Å²) in [7, 11) is 1.63. The van der Waals surface area contributed by atoms with Crippen molar-refractivity contribution < 1.29 is 9.47 Å². The van der Waals surface area contributed by atoms with Gasteiger partial charge in [0.05, 0.1) is 24.6 Å². The van der Waals surface area contributed by atoms with Crippen molar-refractivity contribution >= 4 is 11.0 Å². The van der Waals surface area contributed by atoms with Crippen LogP contribution in [0.4, 0.5) is 0 Å². The Balaban J connectivity index is 1.37. The molecule has 1 N–H and O–H groups in total. The highest BCUT2D eigenvalue weighted by atomic mass is 16.5. The molecule has 6 nitrogen and oxygen atoms in total. The number of benzene rings is 3. The third-order valence-electron chi connectivity index (χ3n) is 4.75. The molecule has 0 bridgehead atoms. The van der Waals surface area contributed by atoms with Crippen molar-refractivity contribution in [3.8, 4) is 28.6 Å². The third kappa shape index (κ3) is 3.96. The van der Waals surface area contributed by atoms with Crippen molar-refractivity contribution in [3.05, 3.63) is 103 Å². The molecule has 150 valence electrons. The standard InChI is InChI=1S/C25H18N4O2/c1-30-22-9-5-2-6-19(22)24-25(27-15-14-26-24)31-18-12-10-17(11-13-18)16-23-28-20-7-3-4-8-21(20)29-23/h2-15H,1H3,(H,28,29). The van der Waals surface area contributed by atoms with Gasteiger partial charge in [-0.3, -0.25) is 0 Å². The minimum atomic E-state index is 0.407. The lowest BCUT2D eigenvalue weighted by Crippen LogP contribution is -1.96. The average molecular weight is 406 g/mol. The van der Waals surface area contributed by atoms with E-state index in [1.54, 1.807) is 19.5 Å². The minimum Gasteiger partial charge on any atom is -0.496 e. The number of aromatic amines is 1. The lowest BCUT2D eigenvalue weighted by molar-refractivity contribution is 0.415. The molecule has 2 aromatic heterocycles. The lowest BCUT2D eigenvalue weighted by atomic mass is 10.1. The Labute approximate surface area is 179 Å². The van der Waals surface area contributed by atoms with Crippen molar-refractivity contribution in [2.45, 2.75) is 0 Å². The van der Waals surface area contributed by atoms with E-state index >= 15 is 0 Å². The Morgan fingerprint density at radius 1 is 0.839 bits per heavy atom. The second-order valence-electron chi connectivity index (χ2n) is 6.76. The molecular formula is C25H18N4O2. The summed E-state index contributed by atoms with van der Waals surface area (Å²) in [5, 5.41) is 0. The van der Waals surface area contributed by atoms with E-state index in [1.165, 1.54) is 0 Å². The summed E-state index contributed by atoms with van der Waals surface area (Å²) in [6, 6.07) is 23.1. The zero-order valence-electron chi connectivity index (χ0n) is 16.7. The van der Waals surface area contributed by atoms with E-state index in [0.29, 0.717) is 28.9 Å². The van der Waals surface area contributed by atoms with Crippen molar-refractivity contribution in [2.24, 2.45) is 0 Å². The third-order valence-corrected chi connectivity index (χ3v) is 4.75. The Morgan fingerprint density at radius 3 is 2.45 bits per heavy atom. The molecule has 0 fully saturated rings. The molecule has 5 aromatic rings. The maximum atomic E-state index is 6.04. The van der Waals surface area contributed by atoms with Gasteiger partial charge in [-0.25, -0.2) is 15.0 Å². The second kappa shape index (κ2) is 8.28. The largest absolute Gasteiger partial charge is 0.496 e. The monoisotopic (exact) mass is 406 g/mol. The molecule has 2 heterocycles. The van der Waals surface area contributed by atoms with Gasteiger partial charge >= 0.3 is 0 Å². The van der Waals surface area contributed by atoms with E-state index < -0.39 is 0 Å². The van der Waals surface area contributed by atoms with Crippen LogP contribution in [0.5, 0.6) is 17.4 Å². The summed E-state index contributed by atoms with van der Waals surface area (Å²) in [5.74, 6) is 2.44. The molecule has 3 aromatic carbocycles. The SMILES string of the molecule is COc1ccccc1-c1nccnc1Oc1ccc([C]c2nc3ccccc3[nH]2)cc1. The molecule has 31 heavy (non-hydrogen) atoms. The number of nitrogens with one attached hydrogen (secondary N) is 1. The minimum absolute atomic E-state index is 0.407. The normalized spacial score (nSPS) is 10.9. The summed E-state index contributed by atoms with van der Waals surface area (Å²) < 4.78 is 11.5. The zero-order chi connectivity index (χ0) is 21.0. The first-order valence-electron chi connectivity index (χ1n) is 9.74. The molecule has 0 saturated carbocycles. The summed E-state index contributed by atoms with van der Waals surface area (Å²) in [5.41, 5.74) is 4.21. The van der Waals surface area contributed by atoms with Crippen LogP contribution >= 0.6 is 0 Å². The maximum absolute atomic E-state index is 6.04. The van der Waals surface area contributed by atoms with Crippen LogP contribution in [0.15, 0.2) is 85.2 Å². The van der Waals surface area contributed by atoms with E-state index in [4.69, 9.17) is 9.47 Å². The summed E-state index contributed by atoms with van der Waals surface area (Å²) >= 11 is 0. The summed E-state index contributed by atoms with van der Waals surface area (Å²) in [6.07, 6.45) is 6.51. The molecular weight excluding hydrogens is 388 g/mol. The quantitative estimate of drug-likeness (QED) is 0.414. The number of aromatic nitrogens is 4. The molecule has 0 aliphatic carbocycles. The summed E-state index contributed by atoms with van der Waals surface area (Å²) in [6.45, 7) is 0. The fourth-order valence-corrected chi connectivity index (χ4v) is 3.29. The van der Waals surface area contributed by atoms with Gasteiger partial charge in [0.15, 0.2) is 0 Å². The molecule has 2 radical (unpaired) electrons. The van der Waals surface area contributed by atoms with Crippen LogP contribution < -0.4 is 9.47 Å². The highest BCUT2D eigenvalue weighted by Gasteiger charge is 2.14. The van der Waals surface area contributed by atoms with Crippen LogP contribution in [0.25, 0.3) is 22.3 Å². The highest BCUT2D eigenvalue weighted by Crippen LogP contribution is 2.35. The van der Waals surface area contributed by atoms with Crippen LogP contribution in [-0.4, -0.2) is 27.0 Å². The number of hydrogen-bond donors (Lipinski definition) is 1. The molecule has 0 aliphatic rings. The molecule has 0 aliphatic heterocycles. The van der Waals surface area contributed by atoms with Crippen molar-refractivity contribution in [3.63, 3.8) is 0 Å². The van der Waals surface area contributed by atoms with Crippen LogP contribution in [0.2, 0.25) is 0 Å². The van der Waals surface area contributed by atoms with Crippen molar-refractivity contribution in [1.82, 2.24) is 19.9 Å². The number of methoxy groups -OCH3 is 1.